The topological polar surface area (TPSA) is 131 Å². The average molecular weight is 758 g/mol. The number of aromatic nitrogens is 3. The third-order valence-corrected chi connectivity index (χ3v) is 15.0. The zero-order valence-corrected chi connectivity index (χ0v) is 28.3. The smallest absolute Gasteiger partial charge is 0.351 e. The molecule has 0 radical (unpaired) electrons. The molecule has 18 heteroatoms. The quantitative estimate of drug-likeness (QED) is 0.149. The molecule has 49 heavy (non-hydrogen) atoms. The fourth-order valence-corrected chi connectivity index (χ4v) is 13.3. The van der Waals surface area contributed by atoms with Gasteiger partial charge in [-0.15, -0.1) is 22.9 Å². The maximum absolute atomic E-state index is 16.3. The Morgan fingerprint density at radius 1 is 0.980 bits per heavy atom. The molecular weight excluding hydrogens is 733 g/mol. The Bertz CT molecular complexity index is 2240. The predicted octanol–water partition coefficient (Wildman–Crippen LogP) is 6.77. The number of sulfonamides is 1. The van der Waals surface area contributed by atoms with E-state index in [9.17, 15) is 34.4 Å². The first-order valence-corrected chi connectivity index (χ1v) is 19.6. The second-order valence-corrected chi connectivity index (χ2v) is 19.1. The SMILES string of the molecule is O=S1(=O)CC2(CC(Nc3nccc(-c4sc(C56CC(Cl)(C5)C6)nc4-c4cccc(NS(=O)(=O)c5c(F)cccc5C(F)(F)F)c4F)n3)C2)C1. The second kappa shape index (κ2) is 10.6. The van der Waals surface area contributed by atoms with E-state index in [2.05, 4.69) is 15.3 Å². The van der Waals surface area contributed by atoms with Gasteiger partial charge in [0.25, 0.3) is 10.0 Å². The molecule has 5 aliphatic rings. The lowest BCUT2D eigenvalue weighted by atomic mass is 9.44. The minimum atomic E-state index is -5.26. The molecule has 4 aromatic rings. The van der Waals surface area contributed by atoms with Crippen LogP contribution in [0.3, 0.4) is 0 Å². The minimum absolute atomic E-state index is 0.0302. The van der Waals surface area contributed by atoms with Crippen LogP contribution in [0.15, 0.2) is 53.6 Å². The molecule has 258 valence electrons. The van der Waals surface area contributed by atoms with E-state index in [1.54, 1.807) is 10.8 Å². The number of nitrogens with zero attached hydrogens (tertiary/aromatic N) is 3. The normalized spacial score (nSPS) is 25.1. The fourth-order valence-electron chi connectivity index (χ4n) is 7.74. The van der Waals surface area contributed by atoms with Gasteiger partial charge in [-0.1, -0.05) is 12.1 Å². The zero-order chi connectivity index (χ0) is 34.8. The maximum Gasteiger partial charge on any atom is 0.417 e. The van der Waals surface area contributed by atoms with Crippen molar-refractivity contribution in [2.24, 2.45) is 5.41 Å². The summed E-state index contributed by atoms with van der Waals surface area (Å²) in [5, 5.41) is 3.93. The molecule has 3 heterocycles. The van der Waals surface area contributed by atoms with E-state index in [0.717, 1.165) is 12.1 Å². The van der Waals surface area contributed by atoms with E-state index in [1.807, 2.05) is 0 Å². The average Bonchev–Trinajstić information content (AvgIpc) is 3.38. The van der Waals surface area contributed by atoms with Gasteiger partial charge in [-0.05, 0) is 62.4 Å². The molecule has 2 aromatic heterocycles. The van der Waals surface area contributed by atoms with Crippen LogP contribution in [0.5, 0.6) is 0 Å². The molecular formula is C31H25ClF5N5O4S3. The monoisotopic (exact) mass is 757 g/mol. The highest BCUT2D eigenvalue weighted by molar-refractivity contribution is 7.93. The van der Waals surface area contributed by atoms with E-state index >= 15 is 4.39 Å². The van der Waals surface area contributed by atoms with Crippen molar-refractivity contribution in [2.45, 2.75) is 59.5 Å². The Kier molecular flexibility index (Phi) is 7.06. The van der Waals surface area contributed by atoms with Gasteiger partial charge in [0.1, 0.15) is 15.7 Å². The first-order chi connectivity index (χ1) is 22.9. The van der Waals surface area contributed by atoms with Crippen LogP contribution < -0.4 is 10.0 Å². The summed E-state index contributed by atoms with van der Waals surface area (Å²) in [6, 6.07) is 6.98. The summed E-state index contributed by atoms with van der Waals surface area (Å²) in [5.41, 5.74) is -2.60. The first-order valence-electron chi connectivity index (χ1n) is 15.1. The molecule has 1 spiro atoms. The molecule has 1 saturated heterocycles. The predicted molar refractivity (Wildman–Crippen MR) is 173 cm³/mol. The Morgan fingerprint density at radius 3 is 2.33 bits per heavy atom. The van der Waals surface area contributed by atoms with Crippen LogP contribution in [-0.2, 0) is 31.5 Å². The van der Waals surface area contributed by atoms with Gasteiger partial charge < -0.3 is 5.32 Å². The van der Waals surface area contributed by atoms with Gasteiger partial charge in [0.15, 0.2) is 15.7 Å². The molecule has 1 aliphatic heterocycles. The highest BCUT2D eigenvalue weighted by Gasteiger charge is 2.69. The third-order valence-electron chi connectivity index (χ3n) is 9.72. The highest BCUT2D eigenvalue weighted by Crippen LogP contribution is 2.72. The summed E-state index contributed by atoms with van der Waals surface area (Å²) >= 11 is 7.81. The van der Waals surface area contributed by atoms with Crippen molar-refractivity contribution in [3.05, 3.63) is 70.9 Å². The number of thiazole rings is 1. The van der Waals surface area contributed by atoms with Gasteiger partial charge in [0.2, 0.25) is 5.95 Å². The Balaban J connectivity index is 1.14. The largest absolute Gasteiger partial charge is 0.417 e. The molecule has 4 saturated carbocycles. The molecule has 9 nitrogen and oxygen atoms in total. The number of hydrogen-bond donors (Lipinski definition) is 2. The molecule has 0 atom stereocenters. The summed E-state index contributed by atoms with van der Waals surface area (Å²) in [6.07, 6.45) is -0.348. The lowest BCUT2D eigenvalue weighted by molar-refractivity contribution is -0.140. The van der Waals surface area contributed by atoms with Crippen LogP contribution in [0.2, 0.25) is 0 Å². The Hall–Kier alpha value is -3.41. The van der Waals surface area contributed by atoms with Crippen molar-refractivity contribution in [3.63, 3.8) is 0 Å². The van der Waals surface area contributed by atoms with Crippen LogP contribution in [0, 0.1) is 17.0 Å². The van der Waals surface area contributed by atoms with Crippen molar-refractivity contribution in [1.29, 1.82) is 0 Å². The van der Waals surface area contributed by atoms with Crippen LogP contribution in [0.25, 0.3) is 21.8 Å². The number of hydrogen-bond acceptors (Lipinski definition) is 9. The van der Waals surface area contributed by atoms with Crippen molar-refractivity contribution in [1.82, 2.24) is 15.0 Å². The molecule has 0 unspecified atom stereocenters. The lowest BCUT2D eigenvalue weighted by Gasteiger charge is -2.66. The number of rotatable bonds is 8. The van der Waals surface area contributed by atoms with Crippen LogP contribution in [0.1, 0.15) is 42.7 Å². The van der Waals surface area contributed by atoms with E-state index in [1.165, 1.54) is 29.7 Å². The number of benzene rings is 2. The minimum Gasteiger partial charge on any atom is -0.351 e. The van der Waals surface area contributed by atoms with Gasteiger partial charge in [-0.2, -0.15) is 13.2 Å². The molecule has 2 N–H and O–H groups in total. The first kappa shape index (κ1) is 32.8. The van der Waals surface area contributed by atoms with Crippen LogP contribution >= 0.6 is 22.9 Å². The number of alkyl halides is 4. The standard InChI is InChI=1S/C31H25ClF5N5O4S3/c32-30-11-29(12-30,13-30)26-41-23(24(47-26)21-7-8-38-27(40-21)39-16-9-28(10-16)14-48(43,44)15-28)17-3-1-6-20(22(17)34)42-49(45,46)25-18(31(35,36)37)4-2-5-19(25)33/h1-8,16,42H,9-15H2,(H,38,39,40). The number of sulfone groups is 1. The van der Waals surface area contributed by atoms with Crippen LogP contribution in [0.4, 0.5) is 33.6 Å². The van der Waals surface area contributed by atoms with Crippen molar-refractivity contribution in [3.8, 4) is 21.8 Å². The number of anilines is 2. The van der Waals surface area contributed by atoms with E-state index in [0.29, 0.717) is 59.8 Å². The molecule has 2 aromatic carbocycles. The Labute approximate surface area is 286 Å². The number of nitrogens with one attached hydrogen (secondary N) is 2. The summed E-state index contributed by atoms with van der Waals surface area (Å²) in [7, 11) is -8.23. The fraction of sp³-hybridized carbons (Fsp3) is 0.387. The second-order valence-electron chi connectivity index (χ2n) is 13.6. The van der Waals surface area contributed by atoms with Gasteiger partial charge in [-0.3, -0.25) is 4.72 Å². The molecule has 5 fully saturated rings. The highest BCUT2D eigenvalue weighted by atomic mass is 35.5. The van der Waals surface area contributed by atoms with Gasteiger partial charge in [0, 0.05) is 33.5 Å². The van der Waals surface area contributed by atoms with Crippen molar-refractivity contribution >= 4 is 54.4 Å². The van der Waals surface area contributed by atoms with E-state index in [4.69, 9.17) is 16.6 Å². The number of halogens is 6. The van der Waals surface area contributed by atoms with Crippen LogP contribution in [-0.4, -0.2) is 54.2 Å². The molecule has 9 rings (SSSR count). The summed E-state index contributed by atoms with van der Waals surface area (Å²) in [6.45, 7) is 0. The molecule has 0 amide bonds. The Morgan fingerprint density at radius 2 is 1.67 bits per heavy atom. The van der Waals surface area contributed by atoms with E-state index < -0.39 is 53.8 Å². The van der Waals surface area contributed by atoms with E-state index in [-0.39, 0.29) is 50.5 Å². The molecule has 2 bridgehead atoms. The maximum atomic E-state index is 16.3. The zero-order valence-electron chi connectivity index (χ0n) is 25.1. The van der Waals surface area contributed by atoms with Crippen molar-refractivity contribution < 1.29 is 38.8 Å². The van der Waals surface area contributed by atoms with Gasteiger partial charge in [0.05, 0.1) is 39.0 Å². The van der Waals surface area contributed by atoms with Gasteiger partial charge in [-0.25, -0.2) is 40.6 Å². The third kappa shape index (κ3) is 5.47. The lowest BCUT2D eigenvalue weighted by Crippen LogP contribution is -2.66. The van der Waals surface area contributed by atoms with Gasteiger partial charge >= 0.3 is 6.18 Å². The van der Waals surface area contributed by atoms with Crippen molar-refractivity contribution in [2.75, 3.05) is 21.5 Å². The molecule has 4 aliphatic carbocycles. The summed E-state index contributed by atoms with van der Waals surface area (Å²) in [4.78, 5) is 12.2. The summed E-state index contributed by atoms with van der Waals surface area (Å²) < 4.78 is 123. The summed E-state index contributed by atoms with van der Waals surface area (Å²) in [5.74, 6) is -2.17.